The Morgan fingerprint density at radius 2 is 1.21 bits per heavy atom. The van der Waals surface area contributed by atoms with Crippen molar-refractivity contribution in [3.05, 3.63) is 93.2 Å². The number of hydrogen-bond acceptors (Lipinski definition) is 10. The molecule has 0 unspecified atom stereocenters. The number of benzene rings is 4. The van der Waals surface area contributed by atoms with E-state index in [9.17, 15) is 30.0 Å². The number of ether oxygens (including phenoxy) is 2. The van der Waals surface area contributed by atoms with E-state index in [-0.39, 0.29) is 56.1 Å². The fourth-order valence-electron chi connectivity index (χ4n) is 4.89. The van der Waals surface area contributed by atoms with Crippen molar-refractivity contribution in [1.82, 2.24) is 0 Å². The maximum absolute atomic E-state index is 13.3. The quantitative estimate of drug-likeness (QED) is 0.203. The van der Waals surface area contributed by atoms with E-state index in [4.69, 9.17) is 18.3 Å². The molecule has 10 heteroatoms. The van der Waals surface area contributed by atoms with Crippen LogP contribution in [0.15, 0.2) is 91.2 Å². The zero-order valence-corrected chi connectivity index (χ0v) is 22.2. The van der Waals surface area contributed by atoms with E-state index >= 15 is 0 Å². The summed E-state index contributed by atoms with van der Waals surface area (Å²) in [6.07, 6.45) is 0. The maximum atomic E-state index is 13.3. The van der Waals surface area contributed by atoms with Crippen LogP contribution in [0.2, 0.25) is 0 Å². The first-order valence-corrected chi connectivity index (χ1v) is 12.5. The Kier molecular flexibility index (Phi) is 6.23. The summed E-state index contributed by atoms with van der Waals surface area (Å²) in [5.74, 6) is -0.814. The van der Waals surface area contributed by atoms with Crippen LogP contribution in [0, 0.1) is 0 Å². The SMILES string of the molecule is COc1ccc(-c2cc(=O)c3c(O)cc(O)c(-c4c(OC)cc5oc(-c6ccc(O)cc6)cc(=O)c5c4O)c3o2)cc1. The van der Waals surface area contributed by atoms with Gasteiger partial charge in [0.15, 0.2) is 16.4 Å². The summed E-state index contributed by atoms with van der Waals surface area (Å²) >= 11 is 0. The van der Waals surface area contributed by atoms with Gasteiger partial charge in [0.1, 0.15) is 62.4 Å². The first-order chi connectivity index (χ1) is 20.2. The minimum Gasteiger partial charge on any atom is -0.508 e. The Labute approximate surface area is 236 Å². The average molecular weight is 567 g/mol. The molecule has 10 nitrogen and oxygen atoms in total. The zero-order chi connectivity index (χ0) is 29.7. The average Bonchev–Trinajstić information content (AvgIpc) is 2.97. The maximum Gasteiger partial charge on any atom is 0.197 e. The lowest BCUT2D eigenvalue weighted by atomic mass is 9.96. The third-order valence-corrected chi connectivity index (χ3v) is 6.91. The summed E-state index contributed by atoms with van der Waals surface area (Å²) in [5.41, 5.74) is -0.831. The Balaban J connectivity index is 1.65. The van der Waals surface area contributed by atoms with Crippen LogP contribution < -0.4 is 20.3 Å². The summed E-state index contributed by atoms with van der Waals surface area (Å²) in [7, 11) is 2.83. The molecule has 0 spiro atoms. The Bertz CT molecular complexity index is 2120. The monoisotopic (exact) mass is 566 g/mol. The third-order valence-electron chi connectivity index (χ3n) is 6.91. The molecule has 0 aliphatic carbocycles. The fraction of sp³-hybridized carbons (Fsp3) is 0.0625. The van der Waals surface area contributed by atoms with Gasteiger partial charge >= 0.3 is 0 Å². The molecule has 4 aromatic carbocycles. The van der Waals surface area contributed by atoms with Crippen molar-refractivity contribution < 1.29 is 38.7 Å². The van der Waals surface area contributed by atoms with Crippen molar-refractivity contribution in [2.75, 3.05) is 14.2 Å². The Morgan fingerprint density at radius 1 is 0.619 bits per heavy atom. The molecule has 0 radical (unpaired) electrons. The van der Waals surface area contributed by atoms with Crippen molar-refractivity contribution in [2.24, 2.45) is 0 Å². The van der Waals surface area contributed by atoms with Gasteiger partial charge in [0, 0.05) is 35.4 Å². The van der Waals surface area contributed by atoms with E-state index in [0.29, 0.717) is 16.9 Å². The lowest BCUT2D eigenvalue weighted by Gasteiger charge is -2.16. The highest BCUT2D eigenvalue weighted by Gasteiger charge is 2.27. The van der Waals surface area contributed by atoms with Gasteiger partial charge in [-0.15, -0.1) is 0 Å². The van der Waals surface area contributed by atoms with Crippen LogP contribution in [-0.2, 0) is 0 Å². The number of hydrogen-bond donors (Lipinski definition) is 4. The number of phenolic OH excluding ortho intramolecular Hbond substituents is 4. The topological polar surface area (TPSA) is 160 Å². The molecule has 0 saturated heterocycles. The van der Waals surface area contributed by atoms with Gasteiger partial charge in [-0.25, -0.2) is 0 Å². The molecule has 42 heavy (non-hydrogen) atoms. The largest absolute Gasteiger partial charge is 0.508 e. The summed E-state index contributed by atoms with van der Waals surface area (Å²) in [6, 6.07) is 17.4. The van der Waals surface area contributed by atoms with Crippen molar-refractivity contribution in [2.45, 2.75) is 0 Å². The van der Waals surface area contributed by atoms with Crippen LogP contribution in [0.4, 0.5) is 0 Å². The summed E-state index contributed by atoms with van der Waals surface area (Å²) in [5, 5.41) is 42.2. The van der Waals surface area contributed by atoms with Crippen LogP contribution in [0.25, 0.3) is 55.7 Å². The van der Waals surface area contributed by atoms with Gasteiger partial charge in [0.25, 0.3) is 0 Å². The van der Waals surface area contributed by atoms with Gasteiger partial charge in [0.2, 0.25) is 0 Å². The number of phenols is 4. The standard InChI is InChI=1S/C32H22O10/c1-39-18-9-5-16(6-10-18)24-12-21(36)27-19(34)11-20(35)29(32(27)42-24)30-25(40-2)14-26-28(31(30)38)22(37)13-23(41-26)15-3-7-17(33)8-4-15/h3-14,33-35,38H,1-2H3. The Hall–Kier alpha value is -5.90. The summed E-state index contributed by atoms with van der Waals surface area (Å²) in [4.78, 5) is 26.5. The van der Waals surface area contributed by atoms with Crippen LogP contribution in [0.3, 0.4) is 0 Å². The summed E-state index contributed by atoms with van der Waals surface area (Å²) in [6.45, 7) is 0. The molecule has 6 rings (SSSR count). The second-order valence-corrected chi connectivity index (χ2v) is 9.39. The first-order valence-electron chi connectivity index (χ1n) is 12.5. The van der Waals surface area contributed by atoms with Crippen molar-refractivity contribution in [3.8, 4) is 68.3 Å². The number of methoxy groups -OCH3 is 2. The number of rotatable bonds is 5. The van der Waals surface area contributed by atoms with Gasteiger partial charge in [-0.2, -0.15) is 0 Å². The molecule has 4 N–H and O–H groups in total. The van der Waals surface area contributed by atoms with E-state index in [0.717, 1.165) is 6.07 Å². The lowest BCUT2D eigenvalue weighted by Crippen LogP contribution is -2.04. The molecule has 0 saturated carbocycles. The van der Waals surface area contributed by atoms with E-state index in [1.54, 1.807) is 36.4 Å². The van der Waals surface area contributed by atoms with Crippen LogP contribution in [-0.4, -0.2) is 34.6 Å². The van der Waals surface area contributed by atoms with E-state index in [1.807, 2.05) is 0 Å². The normalized spacial score (nSPS) is 11.2. The molecular formula is C32H22O10. The van der Waals surface area contributed by atoms with E-state index in [2.05, 4.69) is 0 Å². The highest BCUT2D eigenvalue weighted by atomic mass is 16.5. The van der Waals surface area contributed by atoms with Gasteiger partial charge in [-0.05, 0) is 48.5 Å². The van der Waals surface area contributed by atoms with Crippen LogP contribution in [0.5, 0.6) is 34.5 Å². The molecule has 0 amide bonds. The Morgan fingerprint density at radius 3 is 1.83 bits per heavy atom. The first kappa shape index (κ1) is 26.3. The minimum atomic E-state index is -0.613. The van der Waals surface area contributed by atoms with Crippen LogP contribution >= 0.6 is 0 Å². The predicted molar refractivity (Wildman–Crippen MR) is 155 cm³/mol. The van der Waals surface area contributed by atoms with Crippen molar-refractivity contribution in [1.29, 1.82) is 0 Å². The van der Waals surface area contributed by atoms with Crippen molar-refractivity contribution >= 4 is 21.9 Å². The molecule has 0 aliphatic rings. The minimum absolute atomic E-state index is 0.0216. The predicted octanol–water partition coefficient (Wildman–Crippen LogP) is 5.74. The smallest absolute Gasteiger partial charge is 0.197 e. The highest BCUT2D eigenvalue weighted by molar-refractivity contribution is 6.06. The second kappa shape index (κ2) is 9.93. The highest BCUT2D eigenvalue weighted by Crippen LogP contribution is 2.50. The van der Waals surface area contributed by atoms with Gasteiger partial charge < -0.3 is 38.7 Å². The molecule has 2 heterocycles. The number of aromatic hydroxyl groups is 4. The van der Waals surface area contributed by atoms with E-state index in [1.165, 1.54) is 44.6 Å². The fourth-order valence-corrected chi connectivity index (χ4v) is 4.89. The zero-order valence-electron chi connectivity index (χ0n) is 22.2. The molecule has 0 aliphatic heterocycles. The lowest BCUT2D eigenvalue weighted by molar-refractivity contribution is 0.409. The van der Waals surface area contributed by atoms with Crippen molar-refractivity contribution in [3.63, 3.8) is 0 Å². The number of fused-ring (bicyclic) bond motifs is 2. The van der Waals surface area contributed by atoms with Gasteiger partial charge in [0.05, 0.1) is 25.3 Å². The summed E-state index contributed by atoms with van der Waals surface area (Å²) < 4.78 is 22.7. The molecule has 0 bridgehead atoms. The van der Waals surface area contributed by atoms with Gasteiger partial charge in [-0.3, -0.25) is 9.59 Å². The van der Waals surface area contributed by atoms with Gasteiger partial charge in [-0.1, -0.05) is 0 Å². The second-order valence-electron chi connectivity index (χ2n) is 9.39. The molecule has 0 atom stereocenters. The molecule has 0 fully saturated rings. The molecule has 2 aromatic heterocycles. The molecular weight excluding hydrogens is 544 g/mol. The molecule has 210 valence electrons. The molecule has 6 aromatic rings. The van der Waals surface area contributed by atoms with E-state index < -0.39 is 28.1 Å². The third kappa shape index (κ3) is 4.22. The van der Waals surface area contributed by atoms with Crippen LogP contribution in [0.1, 0.15) is 0 Å².